The maximum absolute atomic E-state index is 10.6. The van der Waals surface area contributed by atoms with Crippen molar-refractivity contribution in [1.29, 1.82) is 0 Å². The van der Waals surface area contributed by atoms with E-state index >= 15 is 0 Å². The van der Waals surface area contributed by atoms with E-state index in [-0.39, 0.29) is 28.9 Å². The number of rotatable bonds is 11. The van der Waals surface area contributed by atoms with Crippen molar-refractivity contribution in [3.05, 3.63) is 82.5 Å². The zero-order valence-corrected chi connectivity index (χ0v) is 30.1. The first-order valence-electron chi connectivity index (χ1n) is 17.9. The number of aromatic hydroxyl groups is 4. The van der Waals surface area contributed by atoms with E-state index in [1.54, 1.807) is 12.1 Å². The molecule has 2 aromatic carbocycles. The number of aryl methyl sites for hydroxylation is 2. The van der Waals surface area contributed by atoms with Gasteiger partial charge < -0.3 is 20.4 Å². The van der Waals surface area contributed by atoms with E-state index in [4.69, 9.17) is 0 Å². The van der Waals surface area contributed by atoms with Crippen LogP contribution in [0.5, 0.6) is 23.0 Å². The fourth-order valence-corrected chi connectivity index (χ4v) is 6.50. The summed E-state index contributed by atoms with van der Waals surface area (Å²) < 4.78 is 0. The second-order valence-corrected chi connectivity index (χ2v) is 14.3. The molecule has 0 aliphatic heterocycles. The number of hydrogen-bond donors (Lipinski definition) is 4. The average Bonchev–Trinajstić information content (AvgIpc) is 2.97. The van der Waals surface area contributed by atoms with Crippen LogP contribution in [0.4, 0.5) is 0 Å². The lowest BCUT2D eigenvalue weighted by Crippen LogP contribution is -2.21. The van der Waals surface area contributed by atoms with Gasteiger partial charge in [0.05, 0.1) is 0 Å². The van der Waals surface area contributed by atoms with Crippen LogP contribution in [0, 0.1) is 23.7 Å². The molecule has 2 aromatic rings. The molecule has 0 aromatic heterocycles. The van der Waals surface area contributed by atoms with Gasteiger partial charge in [0.25, 0.3) is 0 Å². The molecule has 0 saturated carbocycles. The highest BCUT2D eigenvalue weighted by atomic mass is 16.3. The molecule has 2 aliphatic carbocycles. The minimum atomic E-state index is 0.119. The third-order valence-electron chi connectivity index (χ3n) is 9.46. The molecule has 46 heavy (non-hydrogen) atoms. The zero-order valence-electron chi connectivity index (χ0n) is 30.1. The van der Waals surface area contributed by atoms with Crippen molar-refractivity contribution in [3.63, 3.8) is 0 Å². The van der Waals surface area contributed by atoms with E-state index in [1.807, 2.05) is 12.1 Å². The number of phenols is 4. The Morgan fingerprint density at radius 3 is 1.72 bits per heavy atom. The summed E-state index contributed by atoms with van der Waals surface area (Å²) in [6.45, 7) is 17.7. The third-order valence-corrected chi connectivity index (χ3v) is 9.46. The molecule has 4 N–H and O–H groups in total. The van der Waals surface area contributed by atoms with E-state index in [0.29, 0.717) is 11.8 Å². The molecule has 4 rings (SSSR count). The van der Waals surface area contributed by atoms with E-state index < -0.39 is 0 Å². The largest absolute Gasteiger partial charge is 0.508 e. The van der Waals surface area contributed by atoms with Crippen LogP contribution in [0.1, 0.15) is 136 Å². The van der Waals surface area contributed by atoms with Crippen LogP contribution in [0.2, 0.25) is 0 Å². The molecule has 2 aliphatic rings. The fraction of sp³-hybridized carbons (Fsp3) is 0.571. The fourth-order valence-electron chi connectivity index (χ4n) is 6.50. The lowest BCUT2D eigenvalue weighted by molar-refractivity contribution is 0.304. The number of unbranched alkanes of at least 4 members (excludes halogenated alkanes) is 4. The second kappa shape index (κ2) is 20.2. The topological polar surface area (TPSA) is 80.9 Å². The Labute approximate surface area is 281 Å². The highest BCUT2D eigenvalue weighted by Gasteiger charge is 2.31. The maximum atomic E-state index is 10.6. The average molecular weight is 633 g/mol. The summed E-state index contributed by atoms with van der Waals surface area (Å²) in [4.78, 5) is 0. The summed E-state index contributed by atoms with van der Waals surface area (Å²) >= 11 is 0. The number of benzene rings is 2. The molecule has 4 nitrogen and oxygen atoms in total. The van der Waals surface area contributed by atoms with Crippen LogP contribution in [0.25, 0.3) is 0 Å². The molecule has 0 heterocycles. The summed E-state index contributed by atoms with van der Waals surface area (Å²) in [5, 5.41) is 39.5. The van der Waals surface area contributed by atoms with Gasteiger partial charge in [-0.05, 0) is 118 Å². The molecule has 3 atom stereocenters. The first-order chi connectivity index (χ1) is 21.9. The van der Waals surface area contributed by atoms with Gasteiger partial charge >= 0.3 is 0 Å². The predicted molar refractivity (Wildman–Crippen MR) is 196 cm³/mol. The Kier molecular flexibility index (Phi) is 17.1. The van der Waals surface area contributed by atoms with Gasteiger partial charge in [-0.3, -0.25) is 0 Å². The second-order valence-electron chi connectivity index (χ2n) is 14.3. The Morgan fingerprint density at radius 2 is 1.26 bits per heavy atom. The molecular weight excluding hydrogens is 568 g/mol. The van der Waals surface area contributed by atoms with Crippen LogP contribution in [-0.2, 0) is 12.8 Å². The zero-order chi connectivity index (χ0) is 34.2. The lowest BCUT2D eigenvalue weighted by Gasteiger charge is -2.33. The molecule has 0 amide bonds. The SMILES string of the molecule is CC1=CCC(C(C)C)C=C1.CCCCCc1cc(O)c(C2C=C(C)CC[C@H]2C(C)C)c(O)c1.CCCCCc1cc(O)cc(O)c1. The van der Waals surface area contributed by atoms with Gasteiger partial charge in [-0.1, -0.05) is 103 Å². The lowest BCUT2D eigenvalue weighted by atomic mass is 9.71. The van der Waals surface area contributed by atoms with Crippen molar-refractivity contribution in [2.24, 2.45) is 23.7 Å². The van der Waals surface area contributed by atoms with Crippen LogP contribution < -0.4 is 0 Å². The summed E-state index contributed by atoms with van der Waals surface area (Å²) in [5.41, 5.74) is 5.54. The van der Waals surface area contributed by atoms with Crippen molar-refractivity contribution >= 4 is 0 Å². The minimum absolute atomic E-state index is 0.119. The third kappa shape index (κ3) is 13.3. The molecule has 0 radical (unpaired) electrons. The van der Waals surface area contributed by atoms with Crippen molar-refractivity contribution in [3.8, 4) is 23.0 Å². The van der Waals surface area contributed by atoms with Crippen molar-refractivity contribution in [2.45, 2.75) is 132 Å². The maximum Gasteiger partial charge on any atom is 0.123 e. The number of phenolic OH excluding ortho intramolecular Hbond substituents is 4. The normalized spacial score (nSPS) is 19.1. The van der Waals surface area contributed by atoms with Crippen LogP contribution >= 0.6 is 0 Å². The summed E-state index contributed by atoms with van der Waals surface area (Å²) in [6, 6.07) is 8.48. The molecule has 2 unspecified atom stereocenters. The van der Waals surface area contributed by atoms with Gasteiger partial charge in [0.1, 0.15) is 23.0 Å². The molecule has 4 heteroatoms. The van der Waals surface area contributed by atoms with E-state index in [2.05, 4.69) is 79.7 Å². The van der Waals surface area contributed by atoms with Crippen molar-refractivity contribution < 1.29 is 20.4 Å². The smallest absolute Gasteiger partial charge is 0.123 e. The highest BCUT2D eigenvalue weighted by Crippen LogP contribution is 2.46. The Morgan fingerprint density at radius 1 is 0.717 bits per heavy atom. The molecule has 0 spiro atoms. The summed E-state index contributed by atoms with van der Waals surface area (Å²) in [6.07, 6.45) is 21.4. The summed E-state index contributed by atoms with van der Waals surface area (Å²) in [5.74, 6) is 3.51. The standard InChI is InChI=1S/C21H32O2.C11H16O2.C10H16/c1-5-6-7-8-16-12-19(22)21(20(23)13-16)18-11-15(4)9-10-17(18)14(2)3;1-2-3-4-5-9-6-10(12)8-11(13)7-9;1-8(2)10-6-4-9(3)5-7-10/h11-14,17-18,22-23H,5-10H2,1-4H3;6-8,12-13H,2-5H2,1H3;4-6,8,10H,7H2,1-3H3/t17-,18?;;/m0../s1. The van der Waals surface area contributed by atoms with E-state index in [0.717, 1.165) is 67.1 Å². The van der Waals surface area contributed by atoms with Crippen LogP contribution in [-0.4, -0.2) is 20.4 Å². The van der Waals surface area contributed by atoms with Gasteiger partial charge in [-0.25, -0.2) is 0 Å². The molecular formula is C42H64O4. The van der Waals surface area contributed by atoms with Crippen LogP contribution in [0.15, 0.2) is 65.8 Å². The molecule has 256 valence electrons. The summed E-state index contributed by atoms with van der Waals surface area (Å²) in [7, 11) is 0. The van der Waals surface area contributed by atoms with E-state index in [1.165, 1.54) is 49.3 Å². The van der Waals surface area contributed by atoms with Gasteiger partial charge in [-0.2, -0.15) is 0 Å². The minimum Gasteiger partial charge on any atom is -0.508 e. The van der Waals surface area contributed by atoms with Crippen molar-refractivity contribution in [1.82, 2.24) is 0 Å². The predicted octanol–water partition coefficient (Wildman–Crippen LogP) is 11.9. The Bertz CT molecular complexity index is 1240. The quantitative estimate of drug-likeness (QED) is 0.147. The Hall–Kier alpha value is -3.14. The van der Waals surface area contributed by atoms with Gasteiger partial charge in [0, 0.05) is 17.5 Å². The van der Waals surface area contributed by atoms with Crippen LogP contribution in [0.3, 0.4) is 0 Å². The first-order valence-corrected chi connectivity index (χ1v) is 17.9. The van der Waals surface area contributed by atoms with Gasteiger partial charge in [0.2, 0.25) is 0 Å². The van der Waals surface area contributed by atoms with Gasteiger partial charge in [0.15, 0.2) is 0 Å². The number of allylic oxidation sites excluding steroid dienone is 6. The number of hydrogen-bond acceptors (Lipinski definition) is 4. The Balaban J connectivity index is 0.000000269. The highest BCUT2D eigenvalue weighted by molar-refractivity contribution is 5.51. The molecule has 0 saturated heterocycles. The molecule has 0 fully saturated rings. The van der Waals surface area contributed by atoms with Gasteiger partial charge in [-0.15, -0.1) is 0 Å². The monoisotopic (exact) mass is 632 g/mol. The van der Waals surface area contributed by atoms with E-state index in [9.17, 15) is 20.4 Å². The van der Waals surface area contributed by atoms with Crippen molar-refractivity contribution in [2.75, 3.05) is 0 Å². The first kappa shape index (κ1) is 39.0. The molecule has 0 bridgehead atoms.